The van der Waals surface area contributed by atoms with E-state index in [1.807, 2.05) is 34.9 Å². The number of carbonyl (C=O) groups excluding carboxylic acids is 1. The predicted octanol–water partition coefficient (Wildman–Crippen LogP) is 2.76. The molecular weight excluding hydrogens is 352 g/mol. The monoisotopic (exact) mass is 372 g/mol. The summed E-state index contributed by atoms with van der Waals surface area (Å²) in [6.45, 7) is 0.420. The maximum absolute atomic E-state index is 11.2. The highest BCUT2D eigenvalue weighted by Crippen LogP contribution is 2.25. The van der Waals surface area contributed by atoms with E-state index in [1.54, 1.807) is 31.2 Å². The molecule has 7 nitrogen and oxygen atoms in total. The Labute approximate surface area is 155 Å². The number of thioether (sulfide) groups is 1. The number of benzene rings is 1. The first-order valence-electron chi connectivity index (χ1n) is 8.18. The summed E-state index contributed by atoms with van der Waals surface area (Å²) in [6.07, 6.45) is 2.68. The third kappa shape index (κ3) is 4.45. The van der Waals surface area contributed by atoms with Gasteiger partial charge in [-0.2, -0.15) is 0 Å². The van der Waals surface area contributed by atoms with Crippen molar-refractivity contribution >= 4 is 17.7 Å². The summed E-state index contributed by atoms with van der Waals surface area (Å²) in [6, 6.07) is 11.6. The van der Waals surface area contributed by atoms with E-state index >= 15 is 0 Å². The molecule has 0 radical (unpaired) electrons. The lowest BCUT2D eigenvalue weighted by molar-refractivity contribution is -0.118. The molecule has 8 heteroatoms. The molecule has 3 rings (SSSR count). The summed E-state index contributed by atoms with van der Waals surface area (Å²) in [5.74, 6) is 2.53. The Bertz CT molecular complexity index is 844. The van der Waals surface area contributed by atoms with Gasteiger partial charge >= 0.3 is 0 Å². The van der Waals surface area contributed by atoms with E-state index in [0.717, 1.165) is 23.1 Å². The third-order valence-corrected chi connectivity index (χ3v) is 4.79. The van der Waals surface area contributed by atoms with Crippen LogP contribution >= 0.6 is 11.8 Å². The molecule has 2 heterocycles. The number of aromatic nitrogens is 3. The van der Waals surface area contributed by atoms with Crippen molar-refractivity contribution < 1.29 is 13.9 Å². The summed E-state index contributed by atoms with van der Waals surface area (Å²) < 4.78 is 12.5. The van der Waals surface area contributed by atoms with Gasteiger partial charge in [0.25, 0.3) is 0 Å². The van der Waals surface area contributed by atoms with Crippen LogP contribution in [0.4, 0.5) is 0 Å². The van der Waals surface area contributed by atoms with E-state index in [9.17, 15) is 4.79 Å². The van der Waals surface area contributed by atoms with Gasteiger partial charge in [-0.25, -0.2) is 0 Å². The maximum atomic E-state index is 11.2. The Morgan fingerprint density at radius 3 is 2.73 bits per heavy atom. The summed E-state index contributed by atoms with van der Waals surface area (Å²) in [7, 11) is 1.65. The smallest absolute Gasteiger partial charge is 0.219 e. The van der Waals surface area contributed by atoms with Gasteiger partial charge in [-0.05, 0) is 36.2 Å². The van der Waals surface area contributed by atoms with Crippen molar-refractivity contribution in [1.82, 2.24) is 14.8 Å². The number of primary amides is 1. The number of nitrogens with two attached hydrogens (primary N) is 1. The quantitative estimate of drug-likeness (QED) is 0.580. The van der Waals surface area contributed by atoms with Gasteiger partial charge in [-0.3, -0.25) is 9.36 Å². The van der Waals surface area contributed by atoms with Crippen LogP contribution in [0, 0.1) is 0 Å². The van der Waals surface area contributed by atoms with Crippen LogP contribution in [0.2, 0.25) is 0 Å². The first kappa shape index (κ1) is 18.1. The lowest BCUT2D eigenvalue weighted by Crippen LogP contribution is -2.15. The topological polar surface area (TPSA) is 96.2 Å². The second kappa shape index (κ2) is 8.57. The highest BCUT2D eigenvalue weighted by molar-refractivity contribution is 7.99. The van der Waals surface area contributed by atoms with Crippen LogP contribution in [0.25, 0.3) is 11.6 Å². The fourth-order valence-corrected chi connectivity index (χ4v) is 3.41. The molecule has 2 aromatic heterocycles. The minimum absolute atomic E-state index is 0.220. The van der Waals surface area contributed by atoms with E-state index < -0.39 is 0 Å². The summed E-state index contributed by atoms with van der Waals surface area (Å²) in [5, 5.41) is 9.21. The normalized spacial score (nSPS) is 10.8. The molecule has 1 amide bonds. The fraction of sp³-hybridized carbons (Fsp3) is 0.278. The minimum atomic E-state index is -0.363. The van der Waals surface area contributed by atoms with Gasteiger partial charge in [-0.1, -0.05) is 23.9 Å². The van der Waals surface area contributed by atoms with Crippen LogP contribution in [0.5, 0.6) is 5.75 Å². The molecule has 0 fully saturated rings. The maximum Gasteiger partial charge on any atom is 0.219 e. The number of rotatable bonds is 9. The molecule has 0 saturated carbocycles. The molecule has 0 aliphatic heterocycles. The van der Waals surface area contributed by atoms with Crippen molar-refractivity contribution in [2.75, 3.05) is 12.9 Å². The number of carbonyl (C=O) groups is 1. The first-order valence-corrected chi connectivity index (χ1v) is 9.17. The second-order valence-electron chi connectivity index (χ2n) is 5.60. The van der Waals surface area contributed by atoms with E-state index in [4.69, 9.17) is 14.9 Å². The molecule has 0 atom stereocenters. The second-order valence-corrected chi connectivity index (χ2v) is 6.66. The number of furan rings is 1. The fourth-order valence-electron chi connectivity index (χ4n) is 2.46. The molecule has 26 heavy (non-hydrogen) atoms. The molecule has 2 N–H and O–H groups in total. The number of methoxy groups -OCH3 is 1. The molecule has 1 aromatic carbocycles. The zero-order valence-corrected chi connectivity index (χ0v) is 15.2. The average Bonchev–Trinajstić information content (AvgIpc) is 3.30. The molecule has 0 unspecified atom stereocenters. The van der Waals surface area contributed by atoms with Crippen LogP contribution in [0.15, 0.2) is 52.2 Å². The van der Waals surface area contributed by atoms with E-state index in [2.05, 4.69) is 10.2 Å². The van der Waals surface area contributed by atoms with Gasteiger partial charge in [0.05, 0.1) is 13.4 Å². The Morgan fingerprint density at radius 1 is 1.27 bits per heavy atom. The highest BCUT2D eigenvalue weighted by Gasteiger charge is 2.16. The van der Waals surface area contributed by atoms with E-state index in [1.165, 1.54) is 5.56 Å². The number of hydrogen-bond acceptors (Lipinski definition) is 6. The Kier molecular flexibility index (Phi) is 5.96. The van der Waals surface area contributed by atoms with Crippen LogP contribution in [0.1, 0.15) is 12.0 Å². The summed E-state index contributed by atoms with van der Waals surface area (Å²) in [5.41, 5.74) is 6.51. The Balaban J connectivity index is 1.68. The SMILES string of the molecule is COc1ccc(CCSc2nnc(-c3ccco3)n2CCC(N)=O)cc1. The van der Waals surface area contributed by atoms with Crippen molar-refractivity contribution in [2.45, 2.75) is 24.5 Å². The third-order valence-electron chi connectivity index (χ3n) is 3.82. The lowest BCUT2D eigenvalue weighted by Gasteiger charge is -2.08. The number of nitrogens with zero attached hydrogens (tertiary/aromatic N) is 3. The van der Waals surface area contributed by atoms with Gasteiger partial charge in [0.2, 0.25) is 5.91 Å². The van der Waals surface area contributed by atoms with Crippen molar-refractivity contribution in [1.29, 1.82) is 0 Å². The van der Waals surface area contributed by atoms with E-state index in [-0.39, 0.29) is 12.3 Å². The van der Waals surface area contributed by atoms with Crippen molar-refractivity contribution in [3.63, 3.8) is 0 Å². The van der Waals surface area contributed by atoms with Crippen molar-refractivity contribution in [3.8, 4) is 17.3 Å². The first-order chi connectivity index (χ1) is 12.7. The number of hydrogen-bond donors (Lipinski definition) is 1. The highest BCUT2D eigenvalue weighted by atomic mass is 32.2. The number of ether oxygens (including phenoxy) is 1. The van der Waals surface area contributed by atoms with Gasteiger partial charge < -0.3 is 14.9 Å². The van der Waals surface area contributed by atoms with Crippen LogP contribution in [-0.4, -0.2) is 33.5 Å². The summed E-state index contributed by atoms with van der Waals surface area (Å²) >= 11 is 1.59. The molecule has 3 aromatic rings. The zero-order chi connectivity index (χ0) is 18.4. The average molecular weight is 372 g/mol. The van der Waals surface area contributed by atoms with E-state index in [0.29, 0.717) is 18.1 Å². The van der Waals surface area contributed by atoms with Crippen LogP contribution < -0.4 is 10.5 Å². The van der Waals surface area contributed by atoms with Gasteiger partial charge in [0, 0.05) is 18.7 Å². The number of aryl methyl sites for hydroxylation is 1. The molecule has 0 aliphatic rings. The molecule has 0 saturated heterocycles. The molecule has 0 bridgehead atoms. The lowest BCUT2D eigenvalue weighted by atomic mass is 10.2. The molecular formula is C18H20N4O3S. The van der Waals surface area contributed by atoms with Gasteiger partial charge in [-0.15, -0.1) is 10.2 Å². The Morgan fingerprint density at radius 2 is 2.08 bits per heavy atom. The van der Waals surface area contributed by atoms with Gasteiger partial charge in [0.1, 0.15) is 5.75 Å². The zero-order valence-electron chi connectivity index (χ0n) is 14.4. The van der Waals surface area contributed by atoms with Crippen molar-refractivity contribution in [3.05, 3.63) is 48.2 Å². The summed E-state index contributed by atoms with van der Waals surface area (Å²) in [4.78, 5) is 11.2. The van der Waals surface area contributed by atoms with Crippen molar-refractivity contribution in [2.24, 2.45) is 5.73 Å². The predicted molar refractivity (Wildman–Crippen MR) is 99.0 cm³/mol. The van der Waals surface area contributed by atoms with Gasteiger partial charge in [0.15, 0.2) is 16.7 Å². The number of amides is 1. The molecule has 0 spiro atoms. The standard InChI is InChI=1S/C18H20N4O3S/c1-24-14-6-4-13(5-7-14)9-12-26-18-21-20-17(15-3-2-11-25-15)22(18)10-8-16(19)23/h2-7,11H,8-10,12H2,1H3,(H2,19,23). The van der Waals surface area contributed by atoms with Crippen LogP contribution in [0.3, 0.4) is 0 Å². The van der Waals surface area contributed by atoms with Crippen LogP contribution in [-0.2, 0) is 17.8 Å². The minimum Gasteiger partial charge on any atom is -0.497 e. The molecule has 0 aliphatic carbocycles. The largest absolute Gasteiger partial charge is 0.497 e. The molecule has 136 valence electrons. The Hall–Kier alpha value is -2.74.